The van der Waals surface area contributed by atoms with Crippen molar-refractivity contribution in [2.24, 2.45) is 13.0 Å². The van der Waals surface area contributed by atoms with E-state index < -0.39 is 0 Å². The summed E-state index contributed by atoms with van der Waals surface area (Å²) < 4.78 is 1.75. The number of aromatic amines is 1. The Bertz CT molecular complexity index is 1350. The number of hydrogen-bond donors (Lipinski definition) is 2. The van der Waals surface area contributed by atoms with E-state index in [0.29, 0.717) is 39.6 Å². The average Bonchev–Trinajstić information content (AvgIpc) is 3.34. The second kappa shape index (κ2) is 7.67. The molecule has 0 radical (unpaired) electrons. The minimum Gasteiger partial charge on any atom is -0.349 e. The van der Waals surface area contributed by atoms with E-state index in [0.717, 1.165) is 30.2 Å². The van der Waals surface area contributed by atoms with Gasteiger partial charge in [0.05, 0.1) is 23.3 Å². The number of aromatic nitrogens is 5. The molecule has 8 nitrogen and oxygen atoms in total. The third kappa shape index (κ3) is 3.51. The van der Waals surface area contributed by atoms with Crippen molar-refractivity contribution in [3.63, 3.8) is 0 Å². The number of fused-ring (bicyclic) bond motifs is 2. The van der Waals surface area contributed by atoms with E-state index in [9.17, 15) is 10.1 Å². The second-order valence-corrected chi connectivity index (χ2v) is 8.39. The zero-order chi connectivity index (χ0) is 21.5. The molecule has 1 aliphatic rings. The predicted octanol–water partition coefficient (Wildman–Crippen LogP) is 3.98. The predicted molar refractivity (Wildman–Crippen MR) is 117 cm³/mol. The Morgan fingerprint density at radius 3 is 3.10 bits per heavy atom. The molecule has 4 aromatic rings. The molecular weight excluding hydrogens is 414 g/mol. The van der Waals surface area contributed by atoms with Crippen LogP contribution in [-0.4, -0.2) is 36.7 Å². The highest BCUT2D eigenvalue weighted by Crippen LogP contribution is 2.29. The Hall–Kier alpha value is -3.44. The zero-order valence-corrected chi connectivity index (χ0v) is 17.6. The molecule has 5 rings (SSSR count). The number of aryl methyl sites for hydroxylation is 1. The lowest BCUT2D eigenvalue weighted by Gasteiger charge is -2.25. The molecule has 0 saturated heterocycles. The number of nitrogens with one attached hydrogen (secondary N) is 2. The summed E-state index contributed by atoms with van der Waals surface area (Å²) in [6.45, 7) is 0. The number of benzene rings is 1. The number of H-pyrrole nitrogens is 1. The summed E-state index contributed by atoms with van der Waals surface area (Å²) in [6, 6.07) is 7.89. The third-order valence-corrected chi connectivity index (χ3v) is 6.11. The molecule has 0 bridgehead atoms. The van der Waals surface area contributed by atoms with Crippen molar-refractivity contribution in [1.29, 1.82) is 5.26 Å². The quantitative estimate of drug-likeness (QED) is 0.507. The number of hydrogen-bond acceptors (Lipinski definition) is 5. The highest BCUT2D eigenvalue weighted by Gasteiger charge is 2.25. The summed E-state index contributed by atoms with van der Waals surface area (Å²) in [5.74, 6) is -0.210. The van der Waals surface area contributed by atoms with Gasteiger partial charge in [-0.15, -0.1) is 0 Å². The molecule has 1 fully saturated rings. The van der Waals surface area contributed by atoms with Crippen LogP contribution in [-0.2, 0) is 7.05 Å². The molecule has 1 amide bonds. The van der Waals surface area contributed by atoms with Crippen LogP contribution in [0.5, 0.6) is 0 Å². The first-order valence-corrected chi connectivity index (χ1v) is 10.6. The van der Waals surface area contributed by atoms with E-state index in [1.54, 1.807) is 17.1 Å². The molecule has 0 unspecified atom stereocenters. The van der Waals surface area contributed by atoms with Crippen LogP contribution in [0, 0.1) is 17.2 Å². The average molecular weight is 434 g/mol. The van der Waals surface area contributed by atoms with Gasteiger partial charge >= 0.3 is 0 Å². The highest BCUT2D eigenvalue weighted by molar-refractivity contribution is 6.31. The first kappa shape index (κ1) is 19.5. The van der Waals surface area contributed by atoms with Crippen molar-refractivity contribution in [1.82, 2.24) is 30.0 Å². The Kier molecular flexibility index (Phi) is 4.83. The monoisotopic (exact) mass is 433 g/mol. The van der Waals surface area contributed by atoms with E-state index in [4.69, 9.17) is 16.6 Å². The van der Waals surface area contributed by atoms with Gasteiger partial charge in [0.1, 0.15) is 16.9 Å². The molecule has 3 heterocycles. The highest BCUT2D eigenvalue weighted by atomic mass is 35.5. The Morgan fingerprint density at radius 2 is 2.26 bits per heavy atom. The van der Waals surface area contributed by atoms with Crippen LogP contribution in [0.3, 0.4) is 0 Å². The van der Waals surface area contributed by atoms with E-state index in [1.807, 2.05) is 25.2 Å². The van der Waals surface area contributed by atoms with Gasteiger partial charge in [-0.2, -0.15) is 10.4 Å². The van der Waals surface area contributed by atoms with Crippen LogP contribution in [0.25, 0.3) is 33.5 Å². The minimum atomic E-state index is -0.209. The summed E-state index contributed by atoms with van der Waals surface area (Å²) in [5, 5.41) is 18.4. The molecule has 9 heteroatoms. The third-order valence-electron chi connectivity index (χ3n) is 5.87. The van der Waals surface area contributed by atoms with E-state index in [1.165, 1.54) is 0 Å². The fourth-order valence-electron chi connectivity index (χ4n) is 4.30. The maximum Gasteiger partial charge on any atom is 0.255 e. The number of amides is 1. The SMILES string of the molecule is Cn1nc(-c2cnc3[nH]cc(C(=O)N[C@H]4CCC[C@H](C#N)C4)c3n2)c2ccc(Cl)cc21. The van der Waals surface area contributed by atoms with Crippen LogP contribution >= 0.6 is 11.6 Å². The lowest BCUT2D eigenvalue weighted by molar-refractivity contribution is 0.0925. The van der Waals surface area contributed by atoms with Gasteiger partial charge in [-0.3, -0.25) is 9.48 Å². The molecule has 156 valence electrons. The Morgan fingerprint density at radius 1 is 1.39 bits per heavy atom. The number of nitrogens with zero attached hydrogens (tertiary/aromatic N) is 5. The molecule has 2 N–H and O–H groups in total. The van der Waals surface area contributed by atoms with Gasteiger partial charge in [0.25, 0.3) is 5.91 Å². The minimum absolute atomic E-state index is 0.000599. The molecular formula is C22H20ClN7O. The van der Waals surface area contributed by atoms with Crippen molar-refractivity contribution in [2.45, 2.75) is 31.7 Å². The van der Waals surface area contributed by atoms with Crippen LogP contribution in [0.4, 0.5) is 0 Å². The number of carbonyl (C=O) groups excluding carboxylic acids is 1. The molecule has 0 spiro atoms. The van der Waals surface area contributed by atoms with E-state index in [2.05, 4.69) is 26.5 Å². The smallest absolute Gasteiger partial charge is 0.255 e. The van der Waals surface area contributed by atoms with Crippen LogP contribution in [0.2, 0.25) is 5.02 Å². The molecule has 3 aromatic heterocycles. The van der Waals surface area contributed by atoms with Crippen molar-refractivity contribution in [3.8, 4) is 17.5 Å². The van der Waals surface area contributed by atoms with Gasteiger partial charge in [0.15, 0.2) is 5.65 Å². The number of rotatable bonds is 3. The second-order valence-electron chi connectivity index (χ2n) is 7.95. The summed E-state index contributed by atoms with van der Waals surface area (Å²) in [7, 11) is 1.85. The van der Waals surface area contributed by atoms with Crippen molar-refractivity contribution in [3.05, 3.63) is 41.2 Å². The van der Waals surface area contributed by atoms with Crippen LogP contribution < -0.4 is 5.32 Å². The zero-order valence-electron chi connectivity index (χ0n) is 16.9. The molecule has 1 aliphatic carbocycles. The maximum absolute atomic E-state index is 13.0. The lowest BCUT2D eigenvalue weighted by Crippen LogP contribution is -2.38. The standard InChI is InChI=1S/C22H20ClN7O/c1-30-18-8-13(23)5-6-15(18)19(29-30)17-11-26-21-20(28-17)16(10-25-21)22(31)27-14-4-2-3-12(7-14)9-24/h5-6,8,10-12,14H,2-4,7H2,1H3,(H,25,26)(H,27,31)/t12-,14-/m0/s1. The normalized spacial score (nSPS) is 18.9. The van der Waals surface area contributed by atoms with Gasteiger partial charge in [-0.25, -0.2) is 9.97 Å². The Balaban J connectivity index is 1.49. The number of carbonyl (C=O) groups is 1. The van der Waals surface area contributed by atoms with E-state index in [-0.39, 0.29) is 17.9 Å². The maximum atomic E-state index is 13.0. The van der Waals surface area contributed by atoms with Crippen molar-refractivity contribution < 1.29 is 4.79 Å². The topological polar surface area (TPSA) is 112 Å². The van der Waals surface area contributed by atoms with Gasteiger partial charge in [-0.05, 0) is 37.5 Å². The number of halogens is 1. The summed E-state index contributed by atoms with van der Waals surface area (Å²) in [6.07, 6.45) is 6.68. The van der Waals surface area contributed by atoms with Gasteiger partial charge in [0, 0.05) is 35.6 Å². The Labute approximate surface area is 183 Å². The van der Waals surface area contributed by atoms with Gasteiger partial charge in [-0.1, -0.05) is 18.0 Å². The van der Waals surface area contributed by atoms with Crippen LogP contribution in [0.1, 0.15) is 36.0 Å². The first-order chi connectivity index (χ1) is 15.0. The van der Waals surface area contributed by atoms with Crippen molar-refractivity contribution in [2.75, 3.05) is 0 Å². The molecule has 1 aromatic carbocycles. The molecule has 2 atom stereocenters. The fraction of sp³-hybridized carbons (Fsp3) is 0.318. The molecule has 0 aliphatic heterocycles. The summed E-state index contributed by atoms with van der Waals surface area (Å²) in [5.41, 5.74) is 3.62. The van der Waals surface area contributed by atoms with Crippen molar-refractivity contribution >= 4 is 39.6 Å². The first-order valence-electron chi connectivity index (χ1n) is 10.2. The van der Waals surface area contributed by atoms with Crippen LogP contribution in [0.15, 0.2) is 30.6 Å². The van der Waals surface area contributed by atoms with Gasteiger partial charge < -0.3 is 10.3 Å². The molecule has 31 heavy (non-hydrogen) atoms. The van der Waals surface area contributed by atoms with E-state index >= 15 is 0 Å². The summed E-state index contributed by atoms with van der Waals surface area (Å²) in [4.78, 5) is 25.2. The largest absolute Gasteiger partial charge is 0.349 e. The number of nitriles is 1. The van der Waals surface area contributed by atoms with Gasteiger partial charge in [0.2, 0.25) is 0 Å². The summed E-state index contributed by atoms with van der Waals surface area (Å²) >= 11 is 6.13. The fourth-order valence-corrected chi connectivity index (χ4v) is 4.47. The lowest BCUT2D eigenvalue weighted by atomic mass is 9.86. The molecule has 1 saturated carbocycles.